The molecule has 0 atom stereocenters. The lowest BCUT2D eigenvalue weighted by molar-refractivity contribution is -0.384. The van der Waals surface area contributed by atoms with E-state index in [1.165, 1.54) is 36.4 Å². The number of benzene rings is 2. The lowest BCUT2D eigenvalue weighted by Crippen LogP contribution is -2.02. The minimum Gasteiger partial charge on any atom is -0.258 e. The Balaban J connectivity index is 1.93. The number of nitro groups is 1. The number of aryl methyl sites for hydroxylation is 1. The summed E-state index contributed by atoms with van der Waals surface area (Å²) in [5, 5.41) is 25.0. The number of nitriles is 1. The summed E-state index contributed by atoms with van der Waals surface area (Å²) in [6.07, 6.45) is 1.60. The first kappa shape index (κ1) is 19.3. The molecule has 0 fully saturated rings. The summed E-state index contributed by atoms with van der Waals surface area (Å²) in [7, 11) is 0. The Morgan fingerprint density at radius 1 is 1.29 bits per heavy atom. The van der Waals surface area contributed by atoms with Gasteiger partial charge in [-0.15, -0.1) is 0 Å². The molecule has 1 aromatic heterocycles. The maximum atomic E-state index is 13.1. The Kier molecular flexibility index (Phi) is 5.52. The smallest absolute Gasteiger partial charge is 0.258 e. The predicted octanol–water partition coefficient (Wildman–Crippen LogP) is 5.00. The monoisotopic (exact) mass is 396 g/mol. The average molecular weight is 397 g/mol. The molecule has 0 aliphatic rings. The van der Waals surface area contributed by atoms with Crippen molar-refractivity contribution in [1.82, 2.24) is 9.78 Å². The van der Waals surface area contributed by atoms with Gasteiger partial charge in [-0.3, -0.25) is 10.1 Å². The van der Waals surface area contributed by atoms with E-state index in [1.807, 2.05) is 0 Å². The quantitative estimate of drug-likeness (QED) is 0.345. The highest BCUT2D eigenvalue weighted by Gasteiger charge is 2.14. The summed E-state index contributed by atoms with van der Waals surface area (Å²) in [6.45, 7) is 2.12. The van der Waals surface area contributed by atoms with E-state index in [0.717, 1.165) is 5.56 Å². The zero-order valence-electron chi connectivity index (χ0n) is 14.8. The fraction of sp³-hybridized carbons (Fsp3) is 0.100. The number of nitrogens with zero attached hydrogens (tertiary/aromatic N) is 4. The summed E-state index contributed by atoms with van der Waals surface area (Å²) in [5.74, 6) is -0.322. The van der Waals surface area contributed by atoms with E-state index >= 15 is 0 Å². The van der Waals surface area contributed by atoms with Crippen molar-refractivity contribution in [2.75, 3.05) is 0 Å². The van der Waals surface area contributed by atoms with Crippen molar-refractivity contribution in [3.8, 4) is 6.07 Å². The van der Waals surface area contributed by atoms with Gasteiger partial charge in [0.05, 0.1) is 28.8 Å². The maximum Gasteiger partial charge on any atom is 0.269 e. The first-order chi connectivity index (χ1) is 13.4. The van der Waals surface area contributed by atoms with Gasteiger partial charge in [0.25, 0.3) is 5.69 Å². The average Bonchev–Trinajstić information content (AvgIpc) is 2.94. The molecule has 0 N–H and O–H groups in total. The molecule has 0 radical (unpaired) electrons. The van der Waals surface area contributed by atoms with Gasteiger partial charge in [0.2, 0.25) is 0 Å². The van der Waals surface area contributed by atoms with Crippen LogP contribution in [0.2, 0.25) is 5.15 Å². The lowest BCUT2D eigenvalue weighted by atomic mass is 10.0. The van der Waals surface area contributed by atoms with Crippen molar-refractivity contribution in [2.45, 2.75) is 13.5 Å². The van der Waals surface area contributed by atoms with Crippen LogP contribution in [0.5, 0.6) is 0 Å². The summed E-state index contributed by atoms with van der Waals surface area (Å²) < 4.78 is 14.6. The van der Waals surface area contributed by atoms with Crippen LogP contribution in [0.25, 0.3) is 11.6 Å². The van der Waals surface area contributed by atoms with Crippen LogP contribution in [-0.4, -0.2) is 14.7 Å². The van der Waals surface area contributed by atoms with E-state index in [9.17, 15) is 19.8 Å². The fourth-order valence-corrected chi connectivity index (χ4v) is 2.97. The third kappa shape index (κ3) is 4.08. The molecular weight excluding hydrogens is 383 g/mol. The third-order valence-electron chi connectivity index (χ3n) is 4.15. The van der Waals surface area contributed by atoms with Crippen LogP contribution in [-0.2, 0) is 6.54 Å². The molecule has 8 heteroatoms. The van der Waals surface area contributed by atoms with Crippen LogP contribution in [0.4, 0.5) is 10.1 Å². The van der Waals surface area contributed by atoms with Gasteiger partial charge in [-0.05, 0) is 48.4 Å². The minimum absolute atomic E-state index is 0.0534. The molecule has 0 aliphatic carbocycles. The van der Waals surface area contributed by atoms with Crippen molar-refractivity contribution < 1.29 is 9.31 Å². The maximum absolute atomic E-state index is 13.1. The number of aromatic nitrogens is 2. The van der Waals surface area contributed by atoms with E-state index in [2.05, 4.69) is 11.2 Å². The van der Waals surface area contributed by atoms with Crippen molar-refractivity contribution in [1.29, 1.82) is 5.26 Å². The molecule has 0 amide bonds. The number of hydrogen-bond donors (Lipinski definition) is 0. The Morgan fingerprint density at radius 3 is 2.50 bits per heavy atom. The molecule has 0 saturated heterocycles. The highest BCUT2D eigenvalue weighted by molar-refractivity contribution is 6.31. The van der Waals surface area contributed by atoms with Gasteiger partial charge in [-0.25, -0.2) is 9.07 Å². The summed E-state index contributed by atoms with van der Waals surface area (Å²) in [6, 6.07) is 13.8. The van der Waals surface area contributed by atoms with Crippen molar-refractivity contribution in [3.63, 3.8) is 0 Å². The van der Waals surface area contributed by atoms with E-state index in [0.29, 0.717) is 34.1 Å². The molecule has 0 unspecified atom stereocenters. The van der Waals surface area contributed by atoms with E-state index in [1.54, 1.807) is 29.8 Å². The standard InChI is InChI=1S/C20H14ClFN4O2/c1-13-19(10-16(11-23)15-4-8-18(9-5-15)26(27)28)20(21)25(24-13)12-14-2-6-17(22)7-3-14/h2-10H,12H2,1H3/b16-10-. The Bertz CT molecular complexity index is 1100. The SMILES string of the molecule is Cc1nn(Cc2ccc(F)cc2)c(Cl)c1/C=C(/C#N)c1ccc([N+](=O)[O-])cc1. The first-order valence-electron chi connectivity index (χ1n) is 8.23. The highest BCUT2D eigenvalue weighted by atomic mass is 35.5. The lowest BCUT2D eigenvalue weighted by Gasteiger charge is -2.04. The highest BCUT2D eigenvalue weighted by Crippen LogP contribution is 2.27. The second-order valence-electron chi connectivity index (χ2n) is 6.05. The summed E-state index contributed by atoms with van der Waals surface area (Å²) in [5.41, 5.74) is 2.83. The molecular formula is C20H14ClFN4O2. The van der Waals surface area contributed by atoms with Gasteiger partial charge in [0.1, 0.15) is 11.0 Å². The molecule has 28 heavy (non-hydrogen) atoms. The van der Waals surface area contributed by atoms with Gasteiger partial charge in [-0.1, -0.05) is 23.7 Å². The molecule has 6 nitrogen and oxygen atoms in total. The fourth-order valence-electron chi connectivity index (χ4n) is 2.69. The van der Waals surface area contributed by atoms with Crippen LogP contribution in [0.3, 0.4) is 0 Å². The Morgan fingerprint density at radius 2 is 1.93 bits per heavy atom. The number of rotatable bonds is 5. The first-order valence-corrected chi connectivity index (χ1v) is 8.61. The van der Waals surface area contributed by atoms with E-state index in [-0.39, 0.29) is 11.5 Å². The van der Waals surface area contributed by atoms with Crippen molar-refractivity contribution in [3.05, 3.63) is 92.0 Å². The number of halogens is 2. The van der Waals surface area contributed by atoms with Gasteiger partial charge in [0, 0.05) is 17.7 Å². The predicted molar refractivity (Wildman–Crippen MR) is 104 cm³/mol. The van der Waals surface area contributed by atoms with Crippen molar-refractivity contribution in [2.24, 2.45) is 0 Å². The Hall–Kier alpha value is -3.50. The van der Waals surface area contributed by atoms with Gasteiger partial charge >= 0.3 is 0 Å². The third-order valence-corrected chi connectivity index (χ3v) is 4.55. The van der Waals surface area contributed by atoms with Gasteiger partial charge < -0.3 is 0 Å². The van der Waals surface area contributed by atoms with Gasteiger partial charge in [-0.2, -0.15) is 10.4 Å². The van der Waals surface area contributed by atoms with Crippen LogP contribution in [0.1, 0.15) is 22.4 Å². The largest absolute Gasteiger partial charge is 0.269 e. The zero-order chi connectivity index (χ0) is 20.3. The molecule has 2 aromatic carbocycles. The Labute approximate surface area is 165 Å². The molecule has 0 aliphatic heterocycles. The number of allylic oxidation sites excluding steroid dienone is 1. The normalized spacial score (nSPS) is 11.3. The summed E-state index contributed by atoms with van der Waals surface area (Å²) >= 11 is 6.45. The van der Waals surface area contributed by atoms with Crippen LogP contribution in [0, 0.1) is 34.2 Å². The number of non-ortho nitro benzene ring substituents is 1. The molecule has 3 rings (SSSR count). The molecule has 3 aromatic rings. The van der Waals surface area contributed by atoms with Gasteiger partial charge in [0.15, 0.2) is 0 Å². The molecule has 0 bridgehead atoms. The van der Waals surface area contributed by atoms with Crippen LogP contribution >= 0.6 is 11.6 Å². The number of nitro benzene ring substituents is 1. The topological polar surface area (TPSA) is 84.8 Å². The van der Waals surface area contributed by atoms with Crippen LogP contribution in [0.15, 0.2) is 48.5 Å². The number of hydrogen-bond acceptors (Lipinski definition) is 4. The summed E-state index contributed by atoms with van der Waals surface area (Å²) in [4.78, 5) is 10.3. The second-order valence-corrected chi connectivity index (χ2v) is 6.41. The molecule has 0 spiro atoms. The molecule has 0 saturated carbocycles. The second kappa shape index (κ2) is 8.03. The van der Waals surface area contributed by atoms with E-state index in [4.69, 9.17) is 11.6 Å². The molecule has 140 valence electrons. The van der Waals surface area contributed by atoms with Crippen molar-refractivity contribution >= 4 is 28.9 Å². The zero-order valence-corrected chi connectivity index (χ0v) is 15.5. The van der Waals surface area contributed by atoms with Crippen LogP contribution < -0.4 is 0 Å². The van der Waals surface area contributed by atoms with E-state index < -0.39 is 4.92 Å². The minimum atomic E-state index is -0.500. The molecule has 1 heterocycles.